The van der Waals surface area contributed by atoms with Crippen LogP contribution in [0.15, 0.2) is 42.5 Å². The van der Waals surface area contributed by atoms with Crippen LogP contribution >= 0.6 is 11.3 Å². The Balaban J connectivity index is 1.30. The van der Waals surface area contributed by atoms with Crippen molar-refractivity contribution in [3.8, 4) is 22.1 Å². The Kier molecular flexibility index (Phi) is 7.24. The molecule has 1 aliphatic heterocycles. The molecule has 3 aromatic rings. The van der Waals surface area contributed by atoms with Crippen LogP contribution in [0, 0.1) is 0 Å². The van der Waals surface area contributed by atoms with Crippen LogP contribution in [0.1, 0.15) is 12.8 Å². The van der Waals surface area contributed by atoms with Crippen LogP contribution < -0.4 is 20.3 Å². The molecule has 0 radical (unpaired) electrons. The number of fused-ring (bicyclic) bond motifs is 1. The number of rotatable bonds is 8. The maximum absolute atomic E-state index is 12.1. The summed E-state index contributed by atoms with van der Waals surface area (Å²) in [5.74, 6) is -1.20. The van der Waals surface area contributed by atoms with Gasteiger partial charge in [-0.05, 0) is 49.7 Å². The molecule has 1 atom stereocenters. The molecule has 34 heavy (non-hydrogen) atoms. The fourth-order valence-corrected chi connectivity index (χ4v) is 4.72. The predicted octanol–water partition coefficient (Wildman–Crippen LogP) is 2.05. The van der Waals surface area contributed by atoms with Crippen molar-refractivity contribution in [1.82, 2.24) is 20.7 Å². The van der Waals surface area contributed by atoms with Gasteiger partial charge in [0.05, 0.1) is 23.9 Å². The predicted molar refractivity (Wildman–Crippen MR) is 126 cm³/mol. The summed E-state index contributed by atoms with van der Waals surface area (Å²) in [6.07, 6.45) is 1.21. The molecular weight excluding hydrogens is 460 g/mol. The van der Waals surface area contributed by atoms with Crippen molar-refractivity contribution < 1.29 is 29.0 Å². The third-order valence-corrected chi connectivity index (χ3v) is 6.49. The molecule has 1 saturated heterocycles. The number of carboxylic acid groups (broad SMARTS) is 1. The van der Waals surface area contributed by atoms with Crippen LogP contribution in [0.4, 0.5) is 0 Å². The highest BCUT2D eigenvalue weighted by Crippen LogP contribution is 2.35. The normalized spacial score (nSPS) is 15.7. The summed E-state index contributed by atoms with van der Waals surface area (Å²) in [6, 6.07) is 12.5. The number of hydrogen-bond acceptors (Lipinski definition) is 8. The minimum Gasteiger partial charge on any atom is -0.493 e. The van der Waals surface area contributed by atoms with Gasteiger partial charge in [0.2, 0.25) is 0 Å². The van der Waals surface area contributed by atoms with Gasteiger partial charge in [-0.3, -0.25) is 30.1 Å². The molecule has 1 aliphatic rings. The standard InChI is InChI=1S/C23H24N4O6S/c1-32-18-11-14(22-24-15-5-2-3-7-19(15)34-22)8-9-17(18)33-13-21(29)26-25-20(28)12-27-10-4-6-16(27)23(30)31/h2-3,5,7-9,11,16H,4,6,10,12-13H2,1H3,(H,25,28)(H,26,29)(H,30,31)/t16-/m0/s1. The average Bonchev–Trinajstić information content (AvgIpc) is 3.48. The molecule has 2 heterocycles. The van der Waals surface area contributed by atoms with E-state index >= 15 is 0 Å². The number of thiazole rings is 1. The summed E-state index contributed by atoms with van der Waals surface area (Å²) in [4.78, 5) is 41.6. The van der Waals surface area contributed by atoms with Crippen molar-refractivity contribution in [2.24, 2.45) is 0 Å². The van der Waals surface area contributed by atoms with E-state index in [1.165, 1.54) is 7.11 Å². The number of amides is 2. The molecule has 10 nitrogen and oxygen atoms in total. The number of hydrazine groups is 1. The van der Waals surface area contributed by atoms with E-state index in [-0.39, 0.29) is 13.2 Å². The van der Waals surface area contributed by atoms with Gasteiger partial charge in [0, 0.05) is 5.56 Å². The number of nitrogens with zero attached hydrogens (tertiary/aromatic N) is 2. The van der Waals surface area contributed by atoms with Gasteiger partial charge in [0.15, 0.2) is 18.1 Å². The first-order chi connectivity index (χ1) is 16.4. The molecule has 1 aromatic heterocycles. The van der Waals surface area contributed by atoms with E-state index < -0.39 is 23.8 Å². The Labute approximate surface area is 199 Å². The maximum atomic E-state index is 12.1. The highest BCUT2D eigenvalue weighted by molar-refractivity contribution is 7.21. The van der Waals surface area contributed by atoms with Gasteiger partial charge in [-0.25, -0.2) is 4.98 Å². The molecule has 0 aliphatic carbocycles. The van der Waals surface area contributed by atoms with E-state index in [0.29, 0.717) is 30.9 Å². The zero-order valence-corrected chi connectivity index (χ0v) is 19.3. The number of aliphatic carboxylic acids is 1. The number of benzene rings is 2. The Morgan fingerprint density at radius 2 is 1.94 bits per heavy atom. The summed E-state index contributed by atoms with van der Waals surface area (Å²) in [5.41, 5.74) is 6.34. The number of carboxylic acids is 1. The highest BCUT2D eigenvalue weighted by Gasteiger charge is 2.31. The van der Waals surface area contributed by atoms with Crippen LogP contribution in [-0.2, 0) is 14.4 Å². The van der Waals surface area contributed by atoms with Gasteiger partial charge in [-0.15, -0.1) is 11.3 Å². The van der Waals surface area contributed by atoms with Gasteiger partial charge >= 0.3 is 5.97 Å². The van der Waals surface area contributed by atoms with Gasteiger partial charge in [-0.2, -0.15) is 0 Å². The lowest BCUT2D eigenvalue weighted by Gasteiger charge is -2.20. The molecule has 0 bridgehead atoms. The lowest BCUT2D eigenvalue weighted by Crippen LogP contribution is -2.49. The van der Waals surface area contributed by atoms with Gasteiger partial charge < -0.3 is 14.6 Å². The largest absolute Gasteiger partial charge is 0.493 e. The smallest absolute Gasteiger partial charge is 0.320 e. The minimum absolute atomic E-state index is 0.112. The van der Waals surface area contributed by atoms with Crippen molar-refractivity contribution >= 4 is 39.3 Å². The molecular formula is C23H24N4O6S. The van der Waals surface area contributed by atoms with Crippen molar-refractivity contribution in [1.29, 1.82) is 0 Å². The summed E-state index contributed by atoms with van der Waals surface area (Å²) in [7, 11) is 1.51. The van der Waals surface area contributed by atoms with Gasteiger partial charge in [-0.1, -0.05) is 12.1 Å². The SMILES string of the molecule is COc1cc(-c2nc3ccccc3s2)ccc1OCC(=O)NNC(=O)CN1CCC[C@H]1C(=O)O. The molecule has 11 heteroatoms. The monoisotopic (exact) mass is 484 g/mol. The molecule has 2 amide bonds. The van der Waals surface area contributed by atoms with Crippen LogP contribution in [0.3, 0.4) is 0 Å². The van der Waals surface area contributed by atoms with Crippen molar-refractivity contribution in [3.05, 3.63) is 42.5 Å². The van der Waals surface area contributed by atoms with E-state index in [2.05, 4.69) is 15.8 Å². The summed E-state index contributed by atoms with van der Waals surface area (Å²) in [5, 5.41) is 10.0. The molecule has 0 saturated carbocycles. The Morgan fingerprint density at radius 1 is 1.15 bits per heavy atom. The molecule has 2 aromatic carbocycles. The minimum atomic E-state index is -0.953. The second kappa shape index (κ2) is 10.5. The van der Waals surface area contributed by atoms with E-state index in [9.17, 15) is 19.5 Å². The number of para-hydroxylation sites is 1. The average molecular weight is 485 g/mol. The number of hydrogen-bond donors (Lipinski definition) is 3. The van der Waals surface area contributed by atoms with Crippen LogP contribution in [0.2, 0.25) is 0 Å². The van der Waals surface area contributed by atoms with E-state index in [0.717, 1.165) is 20.8 Å². The highest BCUT2D eigenvalue weighted by atomic mass is 32.1. The maximum Gasteiger partial charge on any atom is 0.320 e. The number of methoxy groups -OCH3 is 1. The van der Waals surface area contributed by atoms with Crippen molar-refractivity contribution in [2.75, 3.05) is 26.8 Å². The molecule has 4 rings (SSSR count). The summed E-state index contributed by atoms with van der Waals surface area (Å²) in [6.45, 7) is 0.0615. The van der Waals surface area contributed by atoms with Gasteiger partial charge in [0.1, 0.15) is 11.0 Å². The number of likely N-dealkylation sites (tertiary alicyclic amines) is 1. The molecule has 1 fully saturated rings. The first kappa shape index (κ1) is 23.5. The van der Waals surface area contributed by atoms with Crippen molar-refractivity contribution in [2.45, 2.75) is 18.9 Å². The third-order valence-electron chi connectivity index (χ3n) is 5.40. The van der Waals surface area contributed by atoms with Crippen molar-refractivity contribution in [3.63, 3.8) is 0 Å². The first-order valence-corrected chi connectivity index (χ1v) is 11.5. The number of ether oxygens (including phenoxy) is 2. The quantitative estimate of drug-likeness (QED) is 0.414. The second-order valence-corrected chi connectivity index (χ2v) is 8.73. The van der Waals surface area contributed by atoms with Crippen LogP contribution in [0.5, 0.6) is 11.5 Å². The number of aromatic nitrogens is 1. The number of nitrogens with one attached hydrogen (secondary N) is 2. The van der Waals surface area contributed by atoms with E-state index in [4.69, 9.17) is 9.47 Å². The number of carbonyl (C=O) groups excluding carboxylic acids is 2. The fraction of sp³-hybridized carbons (Fsp3) is 0.304. The topological polar surface area (TPSA) is 130 Å². The third kappa shape index (κ3) is 5.43. The Hall–Kier alpha value is -3.70. The Bertz CT molecular complexity index is 1180. The lowest BCUT2D eigenvalue weighted by atomic mass is 10.2. The zero-order chi connectivity index (χ0) is 24.1. The lowest BCUT2D eigenvalue weighted by molar-refractivity contribution is -0.143. The zero-order valence-electron chi connectivity index (χ0n) is 18.4. The van der Waals surface area contributed by atoms with E-state index in [1.807, 2.05) is 30.3 Å². The number of carbonyl (C=O) groups is 3. The Morgan fingerprint density at radius 3 is 2.71 bits per heavy atom. The molecule has 3 N–H and O–H groups in total. The molecule has 178 valence electrons. The molecule has 0 spiro atoms. The first-order valence-electron chi connectivity index (χ1n) is 10.7. The summed E-state index contributed by atoms with van der Waals surface area (Å²) >= 11 is 1.57. The fourth-order valence-electron chi connectivity index (χ4n) is 3.75. The van der Waals surface area contributed by atoms with Crippen LogP contribution in [0.25, 0.3) is 20.8 Å². The second-order valence-electron chi connectivity index (χ2n) is 7.70. The molecule has 0 unspecified atom stereocenters. The van der Waals surface area contributed by atoms with E-state index in [1.54, 1.807) is 28.4 Å². The summed E-state index contributed by atoms with van der Waals surface area (Å²) < 4.78 is 12.1. The van der Waals surface area contributed by atoms with Crippen LogP contribution in [-0.4, -0.2) is 65.6 Å². The van der Waals surface area contributed by atoms with Gasteiger partial charge in [0.25, 0.3) is 11.8 Å².